The van der Waals surface area contributed by atoms with Gasteiger partial charge in [0.25, 0.3) is 0 Å². The predicted octanol–water partition coefficient (Wildman–Crippen LogP) is 2.68. The highest BCUT2D eigenvalue weighted by molar-refractivity contribution is 5.84. The first kappa shape index (κ1) is 19.8. The van der Waals surface area contributed by atoms with Gasteiger partial charge in [0, 0.05) is 32.6 Å². The van der Waals surface area contributed by atoms with Crippen LogP contribution in [-0.4, -0.2) is 54.9 Å². The summed E-state index contributed by atoms with van der Waals surface area (Å²) >= 11 is 0. The Hall–Kier alpha value is -2.56. The number of nitrogens with zero attached hydrogens (tertiary/aromatic N) is 2. The van der Waals surface area contributed by atoms with Crippen LogP contribution < -0.4 is 4.74 Å². The molecule has 0 aliphatic carbocycles. The van der Waals surface area contributed by atoms with E-state index in [1.165, 1.54) is 0 Å². The van der Waals surface area contributed by atoms with Gasteiger partial charge in [-0.15, -0.1) is 13.2 Å². The van der Waals surface area contributed by atoms with Crippen molar-refractivity contribution in [1.82, 2.24) is 9.80 Å². The van der Waals surface area contributed by atoms with Crippen molar-refractivity contribution < 1.29 is 14.3 Å². The predicted molar refractivity (Wildman–Crippen MR) is 103 cm³/mol. The number of piperidine rings is 1. The number of ether oxygens (including phenoxy) is 1. The first-order valence-electron chi connectivity index (χ1n) is 9.00. The molecule has 0 unspecified atom stereocenters. The zero-order valence-corrected chi connectivity index (χ0v) is 15.5. The average molecular weight is 356 g/mol. The van der Waals surface area contributed by atoms with E-state index < -0.39 is 0 Å². The number of hydrogen-bond acceptors (Lipinski definition) is 3. The van der Waals surface area contributed by atoms with E-state index in [1.807, 2.05) is 29.2 Å². The number of methoxy groups -OCH3 is 1. The minimum Gasteiger partial charge on any atom is -0.497 e. The summed E-state index contributed by atoms with van der Waals surface area (Å²) in [4.78, 5) is 28.6. The van der Waals surface area contributed by atoms with Crippen LogP contribution in [0.15, 0.2) is 49.6 Å². The molecule has 1 aromatic rings. The quantitative estimate of drug-likeness (QED) is 0.639. The Kier molecular flexibility index (Phi) is 7.45. The molecule has 1 atom stereocenters. The van der Waals surface area contributed by atoms with Crippen LogP contribution in [0.4, 0.5) is 0 Å². The lowest BCUT2D eigenvalue weighted by atomic mass is 9.95. The van der Waals surface area contributed by atoms with Crippen LogP contribution in [0.2, 0.25) is 0 Å². The lowest BCUT2D eigenvalue weighted by molar-refractivity contribution is -0.142. The van der Waals surface area contributed by atoms with Gasteiger partial charge in [-0.3, -0.25) is 9.59 Å². The highest BCUT2D eigenvalue weighted by Gasteiger charge is 2.32. The van der Waals surface area contributed by atoms with Gasteiger partial charge in [-0.1, -0.05) is 24.3 Å². The van der Waals surface area contributed by atoms with Gasteiger partial charge in [0.15, 0.2) is 0 Å². The second kappa shape index (κ2) is 9.80. The molecular formula is C21H28N2O3. The van der Waals surface area contributed by atoms with Crippen molar-refractivity contribution in [3.63, 3.8) is 0 Å². The van der Waals surface area contributed by atoms with E-state index in [9.17, 15) is 9.59 Å². The van der Waals surface area contributed by atoms with Gasteiger partial charge in [-0.05, 0) is 30.5 Å². The molecule has 140 valence electrons. The molecule has 0 saturated carbocycles. The van der Waals surface area contributed by atoms with Gasteiger partial charge in [-0.25, -0.2) is 0 Å². The molecule has 0 spiro atoms. The third kappa shape index (κ3) is 5.22. The minimum absolute atomic E-state index is 0.0757. The van der Waals surface area contributed by atoms with Crippen LogP contribution in [0.25, 0.3) is 0 Å². The molecule has 0 bridgehead atoms. The van der Waals surface area contributed by atoms with E-state index in [-0.39, 0.29) is 17.7 Å². The van der Waals surface area contributed by atoms with Crippen molar-refractivity contribution >= 4 is 11.8 Å². The van der Waals surface area contributed by atoms with E-state index >= 15 is 0 Å². The standard InChI is InChI=1S/C21H28N2O3/c1-4-13-22(14-5-2)21(25)18-8-11-20(24)23(16-18)15-12-17-6-9-19(26-3)10-7-17/h4-7,9-10,18H,1-2,8,11-16H2,3H3/t18-/m0/s1. The summed E-state index contributed by atoms with van der Waals surface area (Å²) in [6.45, 7) is 9.53. The third-order valence-electron chi connectivity index (χ3n) is 4.69. The zero-order valence-electron chi connectivity index (χ0n) is 15.5. The molecule has 1 fully saturated rings. The lowest BCUT2D eigenvalue weighted by Crippen LogP contribution is -2.47. The molecule has 26 heavy (non-hydrogen) atoms. The molecule has 0 aromatic heterocycles. The van der Waals surface area contributed by atoms with Crippen LogP contribution in [-0.2, 0) is 16.0 Å². The summed E-state index contributed by atoms with van der Waals surface area (Å²) in [6, 6.07) is 7.85. The molecule has 1 aliphatic rings. The van der Waals surface area contributed by atoms with Gasteiger partial charge >= 0.3 is 0 Å². The van der Waals surface area contributed by atoms with Crippen molar-refractivity contribution in [2.24, 2.45) is 5.92 Å². The van der Waals surface area contributed by atoms with Crippen LogP contribution >= 0.6 is 0 Å². The SMILES string of the molecule is C=CCN(CC=C)C(=O)[C@H]1CCC(=O)N(CCc2ccc(OC)cc2)C1. The van der Waals surface area contributed by atoms with Crippen LogP contribution in [0.3, 0.4) is 0 Å². The molecule has 0 radical (unpaired) electrons. The van der Waals surface area contributed by atoms with Crippen molar-refractivity contribution in [2.75, 3.05) is 33.3 Å². The van der Waals surface area contributed by atoms with E-state index in [2.05, 4.69) is 13.2 Å². The highest BCUT2D eigenvalue weighted by atomic mass is 16.5. The Morgan fingerprint density at radius 1 is 1.27 bits per heavy atom. The Labute approximate surface area is 155 Å². The molecular weight excluding hydrogens is 328 g/mol. The summed E-state index contributed by atoms with van der Waals surface area (Å²) in [7, 11) is 1.64. The van der Waals surface area contributed by atoms with Crippen molar-refractivity contribution in [3.8, 4) is 5.75 Å². The zero-order chi connectivity index (χ0) is 18.9. The number of hydrogen-bond donors (Lipinski definition) is 0. The second-order valence-corrected chi connectivity index (χ2v) is 6.49. The fraction of sp³-hybridized carbons (Fsp3) is 0.429. The van der Waals surface area contributed by atoms with E-state index in [0.717, 1.165) is 17.7 Å². The number of rotatable bonds is 9. The Bertz CT molecular complexity index is 629. The van der Waals surface area contributed by atoms with Crippen molar-refractivity contribution in [3.05, 3.63) is 55.1 Å². The Balaban J connectivity index is 1.95. The van der Waals surface area contributed by atoms with E-state index in [4.69, 9.17) is 4.74 Å². The van der Waals surface area contributed by atoms with Gasteiger partial charge in [0.1, 0.15) is 5.75 Å². The van der Waals surface area contributed by atoms with Crippen LogP contribution in [0, 0.1) is 5.92 Å². The number of carbonyl (C=O) groups is 2. The third-order valence-corrected chi connectivity index (χ3v) is 4.69. The van der Waals surface area contributed by atoms with Gasteiger partial charge in [0.05, 0.1) is 13.0 Å². The summed E-state index contributed by atoms with van der Waals surface area (Å²) in [5, 5.41) is 0. The van der Waals surface area contributed by atoms with Crippen molar-refractivity contribution in [1.29, 1.82) is 0 Å². The van der Waals surface area contributed by atoms with Gasteiger partial charge in [0.2, 0.25) is 11.8 Å². The largest absolute Gasteiger partial charge is 0.497 e. The fourth-order valence-electron chi connectivity index (χ4n) is 3.21. The molecule has 2 rings (SSSR count). The smallest absolute Gasteiger partial charge is 0.228 e. The van der Waals surface area contributed by atoms with Crippen LogP contribution in [0.5, 0.6) is 5.75 Å². The summed E-state index contributed by atoms with van der Waals surface area (Å²) < 4.78 is 5.16. The van der Waals surface area contributed by atoms with E-state index in [0.29, 0.717) is 39.0 Å². The first-order valence-corrected chi connectivity index (χ1v) is 9.00. The van der Waals surface area contributed by atoms with Gasteiger partial charge in [-0.2, -0.15) is 0 Å². The first-order chi connectivity index (χ1) is 12.6. The Morgan fingerprint density at radius 2 is 1.92 bits per heavy atom. The summed E-state index contributed by atoms with van der Waals surface area (Å²) in [6.07, 6.45) is 5.24. The monoisotopic (exact) mass is 356 g/mol. The number of likely N-dealkylation sites (tertiary alicyclic amines) is 1. The summed E-state index contributed by atoms with van der Waals surface area (Å²) in [5.41, 5.74) is 1.15. The highest BCUT2D eigenvalue weighted by Crippen LogP contribution is 2.21. The average Bonchev–Trinajstić information content (AvgIpc) is 2.67. The molecule has 1 aromatic carbocycles. The molecule has 1 saturated heterocycles. The molecule has 0 N–H and O–H groups in total. The fourth-order valence-corrected chi connectivity index (χ4v) is 3.21. The number of benzene rings is 1. The maximum Gasteiger partial charge on any atom is 0.228 e. The maximum absolute atomic E-state index is 12.8. The molecule has 2 amide bonds. The second-order valence-electron chi connectivity index (χ2n) is 6.49. The van der Waals surface area contributed by atoms with Crippen LogP contribution in [0.1, 0.15) is 18.4 Å². The maximum atomic E-state index is 12.8. The molecule has 5 nitrogen and oxygen atoms in total. The molecule has 1 heterocycles. The molecule has 1 aliphatic heterocycles. The van der Waals surface area contributed by atoms with Crippen molar-refractivity contribution in [2.45, 2.75) is 19.3 Å². The van der Waals surface area contributed by atoms with E-state index in [1.54, 1.807) is 24.2 Å². The Morgan fingerprint density at radius 3 is 2.50 bits per heavy atom. The lowest BCUT2D eigenvalue weighted by Gasteiger charge is -2.34. The minimum atomic E-state index is -0.150. The summed E-state index contributed by atoms with van der Waals surface area (Å²) in [5.74, 6) is 0.870. The topological polar surface area (TPSA) is 49.9 Å². The number of carbonyl (C=O) groups excluding carboxylic acids is 2. The normalized spacial score (nSPS) is 16.9. The molecule has 5 heteroatoms. The van der Waals surface area contributed by atoms with Gasteiger partial charge < -0.3 is 14.5 Å². The number of amides is 2.